The van der Waals surface area contributed by atoms with Gasteiger partial charge in [-0.1, -0.05) is 194 Å². The topological polar surface area (TPSA) is 0 Å². The summed E-state index contributed by atoms with van der Waals surface area (Å²) in [7, 11) is 0. The molecule has 0 nitrogen and oxygen atoms in total. The third kappa shape index (κ3) is 4.78. The van der Waals surface area contributed by atoms with Crippen LogP contribution in [0.1, 0.15) is 0 Å². The SMILES string of the molecule is c1cc(-c2cc3ccccc3c3ccccc23)cc(-c2c3ccccc3c(-c3ccc(-c4cccc5ccccc45)cc3)c3c2ccc2ccccc23)c1. The van der Waals surface area contributed by atoms with Gasteiger partial charge in [-0.25, -0.2) is 0 Å². The Morgan fingerprint density at radius 1 is 0.204 bits per heavy atom. The molecule has 0 N–H and O–H groups in total. The predicted molar refractivity (Wildman–Crippen MR) is 233 cm³/mol. The van der Waals surface area contributed by atoms with Crippen molar-refractivity contribution in [3.05, 3.63) is 206 Å². The van der Waals surface area contributed by atoms with Crippen molar-refractivity contribution in [2.24, 2.45) is 0 Å². The molecule has 0 aromatic heterocycles. The maximum absolute atomic E-state index is 2.41. The Hall–Kier alpha value is -7.02. The Morgan fingerprint density at radius 3 is 1.52 bits per heavy atom. The van der Waals surface area contributed by atoms with E-state index in [4.69, 9.17) is 0 Å². The molecular weight excluding hydrogens is 649 g/mol. The number of benzene rings is 11. The normalized spacial score (nSPS) is 11.7. The highest BCUT2D eigenvalue weighted by Crippen LogP contribution is 2.47. The van der Waals surface area contributed by atoms with Gasteiger partial charge in [-0.15, -0.1) is 0 Å². The summed E-state index contributed by atoms with van der Waals surface area (Å²) in [6, 6.07) is 76.1. The average molecular weight is 683 g/mol. The van der Waals surface area contributed by atoms with Gasteiger partial charge in [-0.3, -0.25) is 0 Å². The van der Waals surface area contributed by atoms with Gasteiger partial charge in [0.05, 0.1) is 0 Å². The van der Waals surface area contributed by atoms with Crippen LogP contribution in [0.3, 0.4) is 0 Å². The fourth-order valence-electron chi connectivity index (χ4n) is 8.99. The van der Waals surface area contributed by atoms with Crippen molar-refractivity contribution < 1.29 is 0 Å². The van der Waals surface area contributed by atoms with Gasteiger partial charge >= 0.3 is 0 Å². The molecule has 54 heavy (non-hydrogen) atoms. The first kappa shape index (κ1) is 30.6. The van der Waals surface area contributed by atoms with Crippen LogP contribution in [0.4, 0.5) is 0 Å². The van der Waals surface area contributed by atoms with Gasteiger partial charge in [0, 0.05) is 0 Å². The van der Waals surface area contributed by atoms with Crippen LogP contribution in [0.15, 0.2) is 206 Å². The lowest BCUT2D eigenvalue weighted by molar-refractivity contribution is 1.63. The molecule has 11 rings (SSSR count). The third-order valence-electron chi connectivity index (χ3n) is 11.4. The van der Waals surface area contributed by atoms with E-state index in [-0.39, 0.29) is 0 Å². The number of hydrogen-bond acceptors (Lipinski definition) is 0. The van der Waals surface area contributed by atoms with E-state index in [1.807, 2.05) is 0 Å². The molecule has 0 aliphatic carbocycles. The minimum atomic E-state index is 1.22. The molecule has 11 aromatic rings. The minimum Gasteiger partial charge on any atom is -0.0616 e. The number of hydrogen-bond donors (Lipinski definition) is 0. The zero-order chi connectivity index (χ0) is 35.6. The van der Waals surface area contributed by atoms with Crippen molar-refractivity contribution in [1.29, 1.82) is 0 Å². The van der Waals surface area contributed by atoms with Gasteiger partial charge < -0.3 is 0 Å². The highest BCUT2D eigenvalue weighted by Gasteiger charge is 2.20. The van der Waals surface area contributed by atoms with E-state index in [2.05, 4.69) is 206 Å². The second-order valence-electron chi connectivity index (χ2n) is 14.4. The minimum absolute atomic E-state index is 1.22. The zero-order valence-electron chi connectivity index (χ0n) is 29.6. The van der Waals surface area contributed by atoms with E-state index in [1.165, 1.54) is 109 Å². The molecule has 0 heteroatoms. The summed E-state index contributed by atoms with van der Waals surface area (Å²) in [5, 5.41) is 15.2. The Kier molecular flexibility index (Phi) is 6.97. The quantitative estimate of drug-likeness (QED) is 0.128. The molecule has 11 aromatic carbocycles. The second-order valence-corrected chi connectivity index (χ2v) is 14.4. The molecule has 0 amide bonds. The molecule has 0 fully saturated rings. The highest BCUT2D eigenvalue weighted by molar-refractivity contribution is 6.28. The summed E-state index contributed by atoms with van der Waals surface area (Å²) in [5.74, 6) is 0. The Balaban J connectivity index is 1.17. The van der Waals surface area contributed by atoms with Crippen molar-refractivity contribution in [2.75, 3.05) is 0 Å². The smallest absolute Gasteiger partial charge is 0.00141 e. The van der Waals surface area contributed by atoms with Gasteiger partial charge in [0.15, 0.2) is 0 Å². The van der Waals surface area contributed by atoms with E-state index in [0.717, 1.165) is 0 Å². The Morgan fingerprint density at radius 2 is 0.741 bits per heavy atom. The zero-order valence-corrected chi connectivity index (χ0v) is 29.6. The van der Waals surface area contributed by atoms with Crippen LogP contribution < -0.4 is 0 Å². The Labute approximate surface area is 314 Å². The molecule has 0 radical (unpaired) electrons. The fraction of sp³-hybridized carbons (Fsp3) is 0. The van der Waals surface area contributed by atoms with E-state index in [0.29, 0.717) is 0 Å². The molecule has 0 saturated carbocycles. The molecule has 0 heterocycles. The van der Waals surface area contributed by atoms with Crippen molar-refractivity contribution in [1.82, 2.24) is 0 Å². The molecule has 0 aliphatic heterocycles. The van der Waals surface area contributed by atoms with Crippen LogP contribution in [0.2, 0.25) is 0 Å². The summed E-state index contributed by atoms with van der Waals surface area (Å²) in [4.78, 5) is 0. The van der Waals surface area contributed by atoms with Crippen LogP contribution in [-0.4, -0.2) is 0 Å². The van der Waals surface area contributed by atoms with Gasteiger partial charge in [-0.05, 0) is 121 Å². The third-order valence-corrected chi connectivity index (χ3v) is 11.4. The predicted octanol–water partition coefficient (Wildman–Crippen LogP) is 15.3. The maximum Gasteiger partial charge on any atom is -0.00141 e. The largest absolute Gasteiger partial charge is 0.0616 e. The molecule has 0 aliphatic rings. The van der Waals surface area contributed by atoms with Crippen LogP contribution in [0, 0.1) is 0 Å². The molecule has 0 bridgehead atoms. The van der Waals surface area contributed by atoms with E-state index < -0.39 is 0 Å². The van der Waals surface area contributed by atoms with Crippen molar-refractivity contribution >= 4 is 64.6 Å². The monoisotopic (exact) mass is 682 g/mol. The molecule has 0 unspecified atom stereocenters. The lowest BCUT2D eigenvalue weighted by Crippen LogP contribution is -1.93. The highest BCUT2D eigenvalue weighted by atomic mass is 14.2. The summed E-state index contributed by atoms with van der Waals surface area (Å²) in [5.41, 5.74) is 9.96. The van der Waals surface area contributed by atoms with E-state index in [1.54, 1.807) is 0 Å². The van der Waals surface area contributed by atoms with Gasteiger partial charge in [-0.2, -0.15) is 0 Å². The van der Waals surface area contributed by atoms with E-state index in [9.17, 15) is 0 Å². The molecule has 0 saturated heterocycles. The van der Waals surface area contributed by atoms with Crippen LogP contribution >= 0.6 is 0 Å². The second kappa shape index (κ2) is 12.3. The molecule has 0 spiro atoms. The summed E-state index contributed by atoms with van der Waals surface area (Å²) >= 11 is 0. The summed E-state index contributed by atoms with van der Waals surface area (Å²) in [6.45, 7) is 0. The standard InChI is InChI=1S/C54H34/c1-4-19-42-35(13-1)16-12-26-43(42)37-27-29-38(30-28-37)53-49-25-10-9-24-48(49)52(50-32-31-36-14-2-6-21-45(36)54(50)53)41-18-11-17-39(33-41)51-34-40-15-3-5-20-44(40)46-22-7-8-23-47(46)51/h1-34H. The molecular formula is C54H34. The lowest BCUT2D eigenvalue weighted by Gasteiger charge is -2.20. The van der Waals surface area contributed by atoms with Gasteiger partial charge in [0.25, 0.3) is 0 Å². The Bertz CT molecular complexity index is 3250. The first-order chi connectivity index (χ1) is 26.8. The summed E-state index contributed by atoms with van der Waals surface area (Å²) < 4.78 is 0. The molecule has 0 atom stereocenters. The van der Waals surface area contributed by atoms with Gasteiger partial charge in [0.1, 0.15) is 0 Å². The van der Waals surface area contributed by atoms with Crippen molar-refractivity contribution in [2.45, 2.75) is 0 Å². The maximum atomic E-state index is 2.41. The van der Waals surface area contributed by atoms with Crippen LogP contribution in [0.25, 0.3) is 109 Å². The first-order valence-corrected chi connectivity index (χ1v) is 18.8. The number of fused-ring (bicyclic) bond motifs is 8. The lowest BCUT2D eigenvalue weighted by atomic mass is 9.83. The van der Waals surface area contributed by atoms with Crippen LogP contribution in [0.5, 0.6) is 0 Å². The van der Waals surface area contributed by atoms with Crippen molar-refractivity contribution in [3.63, 3.8) is 0 Å². The average Bonchev–Trinajstić information content (AvgIpc) is 3.25. The number of rotatable bonds is 4. The molecule has 250 valence electrons. The first-order valence-electron chi connectivity index (χ1n) is 18.8. The van der Waals surface area contributed by atoms with Crippen LogP contribution in [-0.2, 0) is 0 Å². The fourth-order valence-corrected chi connectivity index (χ4v) is 8.99. The summed E-state index contributed by atoms with van der Waals surface area (Å²) in [6.07, 6.45) is 0. The van der Waals surface area contributed by atoms with Gasteiger partial charge in [0.2, 0.25) is 0 Å². The van der Waals surface area contributed by atoms with Crippen molar-refractivity contribution in [3.8, 4) is 44.5 Å². The van der Waals surface area contributed by atoms with E-state index >= 15 is 0 Å².